The molecule has 0 unspecified atom stereocenters. The average molecular weight is 445 g/mol. The van der Waals surface area contributed by atoms with Gasteiger partial charge in [-0.3, -0.25) is 14.9 Å². The fourth-order valence-electron chi connectivity index (χ4n) is 4.14. The smallest absolute Gasteiger partial charge is 0.312 e. The van der Waals surface area contributed by atoms with Crippen LogP contribution in [0.4, 0.5) is 5.69 Å². The molecule has 0 bridgehead atoms. The van der Waals surface area contributed by atoms with E-state index in [1.165, 1.54) is 34.7 Å². The molecule has 1 saturated heterocycles. The zero-order valence-corrected chi connectivity index (χ0v) is 17.9. The fraction of sp³-hybridized carbons (Fsp3) is 0.381. The highest BCUT2D eigenvalue weighted by Crippen LogP contribution is 2.31. The van der Waals surface area contributed by atoms with Gasteiger partial charge < -0.3 is 9.64 Å². The summed E-state index contributed by atoms with van der Waals surface area (Å²) in [7, 11) is -2.64. The summed E-state index contributed by atoms with van der Waals surface area (Å²) in [6, 6.07) is 9.38. The molecule has 1 heterocycles. The van der Waals surface area contributed by atoms with E-state index in [1.54, 1.807) is 4.90 Å². The van der Waals surface area contributed by atoms with Crippen molar-refractivity contribution in [2.45, 2.75) is 24.2 Å². The van der Waals surface area contributed by atoms with Gasteiger partial charge in [-0.25, -0.2) is 8.42 Å². The van der Waals surface area contributed by atoms with E-state index in [0.717, 1.165) is 25.3 Å². The molecule has 2 aromatic carbocycles. The predicted molar refractivity (Wildman–Crippen MR) is 113 cm³/mol. The third kappa shape index (κ3) is 4.00. The maximum absolute atomic E-state index is 13.0. The van der Waals surface area contributed by atoms with E-state index in [9.17, 15) is 23.3 Å². The van der Waals surface area contributed by atoms with Gasteiger partial charge in [0.2, 0.25) is 10.0 Å². The number of rotatable bonds is 5. The molecule has 31 heavy (non-hydrogen) atoms. The Bertz CT molecular complexity index is 1140. The Morgan fingerprint density at radius 2 is 1.74 bits per heavy atom. The van der Waals surface area contributed by atoms with Crippen LogP contribution in [0.15, 0.2) is 41.3 Å². The number of nitro benzene ring substituents is 1. The quantitative estimate of drug-likeness (QED) is 0.516. The van der Waals surface area contributed by atoms with E-state index >= 15 is 0 Å². The molecule has 0 radical (unpaired) electrons. The number of aryl methyl sites for hydroxylation is 2. The van der Waals surface area contributed by atoms with E-state index < -0.39 is 20.6 Å². The molecule has 4 rings (SSSR count). The topological polar surface area (TPSA) is 110 Å². The van der Waals surface area contributed by atoms with Gasteiger partial charge >= 0.3 is 5.69 Å². The van der Waals surface area contributed by atoms with E-state index in [1.807, 2.05) is 18.2 Å². The molecule has 0 saturated carbocycles. The Hall–Kier alpha value is -2.98. The summed E-state index contributed by atoms with van der Waals surface area (Å²) >= 11 is 0. The van der Waals surface area contributed by atoms with Gasteiger partial charge in [0.25, 0.3) is 5.91 Å². The standard InChI is InChI=1S/C21H23N3O6S/c1-30-20-8-7-18(14-19(20)24(26)27)31(28,29)23-11-9-22(10-12-23)21(25)17-6-5-15-3-2-4-16(15)13-17/h5-8,13-14H,2-4,9-12H2,1H3. The van der Waals surface area contributed by atoms with Gasteiger partial charge in [-0.15, -0.1) is 0 Å². The van der Waals surface area contributed by atoms with Crippen LogP contribution in [0.2, 0.25) is 0 Å². The number of fused-ring (bicyclic) bond motifs is 1. The first-order valence-electron chi connectivity index (χ1n) is 10.0. The average Bonchev–Trinajstić information content (AvgIpc) is 3.26. The lowest BCUT2D eigenvalue weighted by Gasteiger charge is -2.34. The fourth-order valence-corrected chi connectivity index (χ4v) is 5.58. The van der Waals surface area contributed by atoms with Crippen LogP contribution in [0.1, 0.15) is 27.9 Å². The van der Waals surface area contributed by atoms with Crippen molar-refractivity contribution in [1.29, 1.82) is 0 Å². The Morgan fingerprint density at radius 1 is 1.03 bits per heavy atom. The van der Waals surface area contributed by atoms with Crippen LogP contribution in [0.5, 0.6) is 5.75 Å². The number of ether oxygens (including phenoxy) is 1. The molecule has 0 atom stereocenters. The van der Waals surface area contributed by atoms with Gasteiger partial charge in [0.1, 0.15) is 0 Å². The number of nitro groups is 1. The number of carbonyl (C=O) groups excluding carboxylic acids is 1. The Balaban J connectivity index is 1.47. The Kier molecular flexibility index (Phi) is 5.67. The number of hydrogen-bond acceptors (Lipinski definition) is 6. The zero-order chi connectivity index (χ0) is 22.2. The second-order valence-corrected chi connectivity index (χ2v) is 9.56. The zero-order valence-electron chi connectivity index (χ0n) is 17.1. The molecular formula is C21H23N3O6S. The van der Waals surface area contributed by atoms with Crippen molar-refractivity contribution in [3.8, 4) is 5.75 Å². The van der Waals surface area contributed by atoms with Crippen LogP contribution < -0.4 is 4.74 Å². The number of methoxy groups -OCH3 is 1. The van der Waals surface area contributed by atoms with Crippen molar-refractivity contribution < 1.29 is 22.9 Å². The van der Waals surface area contributed by atoms with Crippen LogP contribution >= 0.6 is 0 Å². The normalized spacial score (nSPS) is 16.7. The first-order valence-corrected chi connectivity index (χ1v) is 11.5. The summed E-state index contributed by atoms with van der Waals surface area (Å²) in [6.07, 6.45) is 3.13. The number of carbonyl (C=O) groups is 1. The highest BCUT2D eigenvalue weighted by Gasteiger charge is 2.32. The van der Waals surface area contributed by atoms with Gasteiger partial charge in [0.05, 0.1) is 16.9 Å². The summed E-state index contributed by atoms with van der Waals surface area (Å²) in [5.41, 5.74) is 2.73. The molecule has 1 amide bonds. The van der Waals surface area contributed by atoms with Gasteiger partial charge in [-0.1, -0.05) is 6.07 Å². The molecule has 1 aliphatic heterocycles. The monoisotopic (exact) mass is 445 g/mol. The van der Waals surface area contributed by atoms with Crippen LogP contribution in [-0.2, 0) is 22.9 Å². The first kappa shape index (κ1) is 21.3. The van der Waals surface area contributed by atoms with Crippen molar-refractivity contribution in [1.82, 2.24) is 9.21 Å². The summed E-state index contributed by atoms with van der Waals surface area (Å²) in [4.78, 5) is 24.9. The number of hydrogen-bond donors (Lipinski definition) is 0. The largest absolute Gasteiger partial charge is 0.490 e. The predicted octanol–water partition coefficient (Wildman–Crippen LogP) is 2.24. The van der Waals surface area contributed by atoms with Gasteiger partial charge in [0, 0.05) is 37.8 Å². The van der Waals surface area contributed by atoms with E-state index in [2.05, 4.69) is 0 Å². The third-order valence-corrected chi connectivity index (χ3v) is 7.75. The molecule has 10 heteroatoms. The molecule has 2 aliphatic rings. The minimum absolute atomic E-state index is 0.00582. The van der Waals surface area contributed by atoms with Crippen molar-refractivity contribution in [3.05, 3.63) is 63.2 Å². The van der Waals surface area contributed by atoms with Gasteiger partial charge in [0.15, 0.2) is 5.75 Å². The molecule has 0 N–H and O–H groups in total. The lowest BCUT2D eigenvalue weighted by molar-refractivity contribution is -0.386. The van der Waals surface area contributed by atoms with E-state index in [0.29, 0.717) is 5.56 Å². The van der Waals surface area contributed by atoms with Crippen LogP contribution in [-0.4, -0.2) is 61.7 Å². The molecule has 1 fully saturated rings. The summed E-state index contributed by atoms with van der Waals surface area (Å²) in [5, 5.41) is 11.2. The lowest BCUT2D eigenvalue weighted by Crippen LogP contribution is -2.50. The Labute approximate surface area is 180 Å². The van der Waals surface area contributed by atoms with Crippen molar-refractivity contribution >= 4 is 21.6 Å². The summed E-state index contributed by atoms with van der Waals surface area (Å²) < 4.78 is 32.2. The van der Waals surface area contributed by atoms with Crippen LogP contribution in [0.3, 0.4) is 0 Å². The van der Waals surface area contributed by atoms with Crippen LogP contribution in [0.25, 0.3) is 0 Å². The van der Waals surface area contributed by atoms with Gasteiger partial charge in [-0.05, 0) is 54.7 Å². The molecule has 9 nitrogen and oxygen atoms in total. The Morgan fingerprint density at radius 3 is 2.42 bits per heavy atom. The second-order valence-electron chi connectivity index (χ2n) is 7.62. The molecular weight excluding hydrogens is 422 g/mol. The van der Waals surface area contributed by atoms with Crippen molar-refractivity contribution in [2.24, 2.45) is 0 Å². The van der Waals surface area contributed by atoms with Crippen molar-refractivity contribution in [3.63, 3.8) is 0 Å². The van der Waals surface area contributed by atoms with Crippen LogP contribution in [0, 0.1) is 10.1 Å². The number of piperazine rings is 1. The molecule has 0 spiro atoms. The van der Waals surface area contributed by atoms with Crippen molar-refractivity contribution in [2.75, 3.05) is 33.3 Å². The summed E-state index contributed by atoms with van der Waals surface area (Å²) in [6.45, 7) is 0.762. The molecule has 164 valence electrons. The number of sulfonamides is 1. The van der Waals surface area contributed by atoms with Gasteiger partial charge in [-0.2, -0.15) is 4.31 Å². The minimum atomic E-state index is -3.93. The minimum Gasteiger partial charge on any atom is -0.490 e. The first-order chi connectivity index (χ1) is 14.8. The molecule has 0 aromatic heterocycles. The maximum Gasteiger partial charge on any atom is 0.312 e. The summed E-state index contributed by atoms with van der Waals surface area (Å²) in [5.74, 6) is -0.111. The third-order valence-electron chi connectivity index (χ3n) is 5.86. The van der Waals surface area contributed by atoms with E-state index in [-0.39, 0.29) is 42.7 Å². The maximum atomic E-state index is 13.0. The SMILES string of the molecule is COc1ccc(S(=O)(=O)N2CCN(C(=O)c3ccc4c(c3)CCC4)CC2)cc1[N+](=O)[O-]. The molecule has 1 aliphatic carbocycles. The highest BCUT2D eigenvalue weighted by atomic mass is 32.2. The van der Waals surface area contributed by atoms with E-state index in [4.69, 9.17) is 4.74 Å². The second kappa shape index (κ2) is 8.27. The highest BCUT2D eigenvalue weighted by molar-refractivity contribution is 7.89. The lowest BCUT2D eigenvalue weighted by atomic mass is 10.1. The number of benzene rings is 2. The molecule has 2 aromatic rings. The number of amides is 1. The number of nitrogens with zero attached hydrogens (tertiary/aromatic N) is 3.